The molecule has 0 unspecified atom stereocenters. The predicted octanol–water partition coefficient (Wildman–Crippen LogP) is 4.72. The van der Waals surface area contributed by atoms with Crippen LogP contribution in [0.5, 0.6) is 0 Å². The van der Waals surface area contributed by atoms with Gasteiger partial charge in [-0.15, -0.1) is 0 Å². The zero-order chi connectivity index (χ0) is 10.6. The number of allylic oxidation sites excluding steroid dienone is 1. The first kappa shape index (κ1) is 11.3. The smallest absolute Gasteiger partial charge is 0.0443 e. The molecule has 1 heteroatoms. The first-order valence-corrected chi connectivity index (χ1v) is 5.53. The Morgan fingerprint density at radius 3 is 2.57 bits per heavy atom. The van der Waals surface area contributed by atoms with Gasteiger partial charge in [-0.25, -0.2) is 0 Å². The molecule has 76 valence electrons. The van der Waals surface area contributed by atoms with Crippen molar-refractivity contribution in [2.75, 3.05) is 0 Å². The summed E-state index contributed by atoms with van der Waals surface area (Å²) in [4.78, 5) is 0. The van der Waals surface area contributed by atoms with Crippen LogP contribution < -0.4 is 0 Å². The minimum Gasteiger partial charge on any atom is -0.0952 e. The third kappa shape index (κ3) is 2.62. The highest BCUT2D eigenvalue weighted by Gasteiger charge is 2.02. The van der Waals surface area contributed by atoms with Gasteiger partial charge in [0.2, 0.25) is 0 Å². The first-order chi connectivity index (χ1) is 6.69. The molecule has 0 aliphatic rings. The molecule has 0 aliphatic carbocycles. The first-order valence-electron chi connectivity index (χ1n) is 5.15. The maximum Gasteiger partial charge on any atom is 0.0443 e. The summed E-state index contributed by atoms with van der Waals surface area (Å²) in [7, 11) is 0. The monoisotopic (exact) mass is 208 g/mol. The molecule has 0 nitrogen and oxygen atoms in total. The minimum absolute atomic E-state index is 0.863. The van der Waals surface area contributed by atoms with Crippen LogP contribution >= 0.6 is 11.6 Å². The van der Waals surface area contributed by atoms with Crippen LogP contribution in [0.2, 0.25) is 5.02 Å². The molecule has 0 atom stereocenters. The van der Waals surface area contributed by atoms with Gasteiger partial charge in [0.1, 0.15) is 0 Å². The molecule has 0 aromatic heterocycles. The molecule has 0 bridgehead atoms. The second-order valence-corrected chi connectivity index (χ2v) is 3.92. The summed E-state index contributed by atoms with van der Waals surface area (Å²) in [5, 5.41) is 0.863. The molecule has 1 rings (SSSR count). The lowest BCUT2D eigenvalue weighted by molar-refractivity contribution is 0.975. The van der Waals surface area contributed by atoms with Gasteiger partial charge < -0.3 is 0 Å². The summed E-state index contributed by atoms with van der Waals surface area (Å²) in [5.74, 6) is 0. The van der Waals surface area contributed by atoms with Crippen molar-refractivity contribution in [1.29, 1.82) is 0 Å². The molecule has 14 heavy (non-hydrogen) atoms. The van der Waals surface area contributed by atoms with Crippen molar-refractivity contribution < 1.29 is 0 Å². The van der Waals surface area contributed by atoms with Crippen LogP contribution in [0.1, 0.15) is 37.8 Å². The quantitative estimate of drug-likeness (QED) is 0.672. The van der Waals surface area contributed by atoms with Crippen molar-refractivity contribution in [3.05, 3.63) is 40.9 Å². The number of hydrogen-bond donors (Lipinski definition) is 0. The largest absolute Gasteiger partial charge is 0.0952 e. The second kappa shape index (κ2) is 5.21. The fourth-order valence-corrected chi connectivity index (χ4v) is 1.81. The Balaban J connectivity index is 2.91. The van der Waals surface area contributed by atoms with E-state index in [1.54, 1.807) is 0 Å². The maximum absolute atomic E-state index is 6.13. The van der Waals surface area contributed by atoms with Crippen molar-refractivity contribution in [2.24, 2.45) is 0 Å². The predicted molar refractivity (Wildman–Crippen MR) is 64.8 cm³/mol. The Labute approximate surface area is 91.6 Å². The van der Waals surface area contributed by atoms with E-state index >= 15 is 0 Å². The van der Waals surface area contributed by atoms with Gasteiger partial charge in [0.15, 0.2) is 0 Å². The second-order valence-electron chi connectivity index (χ2n) is 3.51. The SMILES string of the molecule is C=C(CCC)c1ccc(CC)c(Cl)c1. The molecule has 0 saturated carbocycles. The van der Waals surface area contributed by atoms with Crippen molar-refractivity contribution >= 4 is 17.2 Å². The maximum atomic E-state index is 6.13. The number of halogens is 1. The normalized spacial score (nSPS) is 10.2. The van der Waals surface area contributed by atoms with Crippen LogP contribution in [-0.2, 0) is 6.42 Å². The molecule has 0 N–H and O–H groups in total. The summed E-state index contributed by atoms with van der Waals surface area (Å²) >= 11 is 6.13. The lowest BCUT2D eigenvalue weighted by Gasteiger charge is -2.07. The Kier molecular flexibility index (Phi) is 4.21. The Hall–Kier alpha value is -0.750. The topological polar surface area (TPSA) is 0 Å². The average Bonchev–Trinajstić information content (AvgIpc) is 2.18. The van der Waals surface area contributed by atoms with Crippen LogP contribution in [0.3, 0.4) is 0 Å². The van der Waals surface area contributed by atoms with Gasteiger partial charge in [0, 0.05) is 5.02 Å². The summed E-state index contributed by atoms with van der Waals surface area (Å²) in [5.41, 5.74) is 3.56. The highest BCUT2D eigenvalue weighted by Crippen LogP contribution is 2.24. The number of aryl methyl sites for hydroxylation is 1. The van der Waals surface area contributed by atoms with Crippen molar-refractivity contribution in [2.45, 2.75) is 33.1 Å². The van der Waals surface area contributed by atoms with E-state index in [0.717, 1.165) is 24.3 Å². The van der Waals surface area contributed by atoms with Gasteiger partial charge >= 0.3 is 0 Å². The average molecular weight is 209 g/mol. The Bertz CT molecular complexity index is 326. The van der Waals surface area contributed by atoms with E-state index in [1.807, 2.05) is 6.07 Å². The molecule has 0 saturated heterocycles. The van der Waals surface area contributed by atoms with Crippen molar-refractivity contribution in [3.63, 3.8) is 0 Å². The molecule has 1 aromatic carbocycles. The third-order valence-electron chi connectivity index (χ3n) is 2.39. The highest BCUT2D eigenvalue weighted by atomic mass is 35.5. The van der Waals surface area contributed by atoms with Gasteiger partial charge in [0.25, 0.3) is 0 Å². The third-order valence-corrected chi connectivity index (χ3v) is 2.75. The summed E-state index contributed by atoms with van der Waals surface area (Å²) in [6.45, 7) is 8.33. The zero-order valence-electron chi connectivity index (χ0n) is 8.94. The zero-order valence-corrected chi connectivity index (χ0v) is 9.69. The van der Waals surface area contributed by atoms with Gasteiger partial charge in [-0.2, -0.15) is 0 Å². The van der Waals surface area contributed by atoms with Gasteiger partial charge in [0.05, 0.1) is 0 Å². The van der Waals surface area contributed by atoms with Crippen LogP contribution in [0.15, 0.2) is 24.8 Å². The molecule has 0 fully saturated rings. The lowest BCUT2D eigenvalue weighted by Crippen LogP contribution is -1.87. The Morgan fingerprint density at radius 1 is 1.36 bits per heavy atom. The number of rotatable bonds is 4. The van der Waals surface area contributed by atoms with Crippen molar-refractivity contribution in [1.82, 2.24) is 0 Å². The van der Waals surface area contributed by atoms with Crippen LogP contribution in [-0.4, -0.2) is 0 Å². The van der Waals surface area contributed by atoms with E-state index in [0.29, 0.717) is 0 Å². The molecule has 0 radical (unpaired) electrons. The van der Waals surface area contributed by atoms with Gasteiger partial charge in [-0.3, -0.25) is 0 Å². The molecule has 0 heterocycles. The lowest BCUT2D eigenvalue weighted by atomic mass is 10.0. The number of benzene rings is 1. The van der Waals surface area contributed by atoms with E-state index in [-0.39, 0.29) is 0 Å². The summed E-state index contributed by atoms with van der Waals surface area (Å²) in [6.07, 6.45) is 3.16. The number of hydrogen-bond acceptors (Lipinski definition) is 0. The van der Waals surface area contributed by atoms with E-state index < -0.39 is 0 Å². The van der Waals surface area contributed by atoms with Gasteiger partial charge in [-0.05, 0) is 35.6 Å². The van der Waals surface area contributed by atoms with Crippen molar-refractivity contribution in [3.8, 4) is 0 Å². The summed E-state index contributed by atoms with van der Waals surface area (Å²) in [6, 6.07) is 6.24. The van der Waals surface area contributed by atoms with Crippen LogP contribution in [0, 0.1) is 0 Å². The van der Waals surface area contributed by atoms with Crippen LogP contribution in [0.25, 0.3) is 5.57 Å². The van der Waals surface area contributed by atoms with Crippen LogP contribution in [0.4, 0.5) is 0 Å². The van der Waals surface area contributed by atoms with E-state index in [4.69, 9.17) is 11.6 Å². The fourth-order valence-electron chi connectivity index (χ4n) is 1.50. The Morgan fingerprint density at radius 2 is 2.07 bits per heavy atom. The van der Waals surface area contributed by atoms with Gasteiger partial charge in [-0.1, -0.05) is 50.6 Å². The molecular weight excluding hydrogens is 192 g/mol. The molecule has 0 amide bonds. The minimum atomic E-state index is 0.863. The summed E-state index contributed by atoms with van der Waals surface area (Å²) < 4.78 is 0. The molecule has 0 spiro atoms. The standard InChI is InChI=1S/C13H17Cl/c1-4-6-10(3)12-8-7-11(5-2)13(14)9-12/h7-9H,3-6H2,1-2H3. The van der Waals surface area contributed by atoms with E-state index in [9.17, 15) is 0 Å². The molecule has 1 aromatic rings. The molecule has 0 aliphatic heterocycles. The van der Waals surface area contributed by atoms with E-state index in [1.165, 1.54) is 16.7 Å². The van der Waals surface area contributed by atoms with E-state index in [2.05, 4.69) is 32.6 Å². The highest BCUT2D eigenvalue weighted by molar-refractivity contribution is 6.31. The molecular formula is C13H17Cl. The fraction of sp³-hybridized carbons (Fsp3) is 0.385.